The van der Waals surface area contributed by atoms with Crippen LogP contribution in [-0.4, -0.2) is 87.5 Å². The number of rotatable bonds is 37. The first kappa shape index (κ1) is 49.9. The quantitative estimate of drug-likeness (QED) is 0.0272. The molecule has 6 N–H and O–H groups in total. The zero-order chi connectivity index (χ0) is 38.8. The minimum Gasteiger partial charge on any atom is -0.394 e. The summed E-state index contributed by atoms with van der Waals surface area (Å²) in [4.78, 5) is 12.9. The molecule has 1 aliphatic rings. The lowest BCUT2D eigenvalue weighted by Crippen LogP contribution is -2.60. The van der Waals surface area contributed by atoms with Crippen molar-refractivity contribution in [2.24, 2.45) is 0 Å². The summed E-state index contributed by atoms with van der Waals surface area (Å²) in [6.45, 7) is 3.77. The van der Waals surface area contributed by atoms with Crippen molar-refractivity contribution in [2.75, 3.05) is 13.2 Å². The number of ether oxygens (including phenoxy) is 2. The van der Waals surface area contributed by atoms with E-state index < -0.39 is 49.5 Å². The normalized spacial score (nSPS) is 21.7. The van der Waals surface area contributed by atoms with Crippen LogP contribution in [0, 0.1) is 0 Å². The van der Waals surface area contributed by atoms with Crippen LogP contribution in [0.25, 0.3) is 0 Å². The number of aliphatic hydroxyl groups excluding tert-OH is 5. The molecule has 0 aromatic carbocycles. The topological polar surface area (TPSA) is 149 Å². The summed E-state index contributed by atoms with van der Waals surface area (Å²) < 4.78 is 11.2. The number of unbranched alkanes of at least 4 members (excludes halogenated alkanes) is 27. The van der Waals surface area contributed by atoms with E-state index in [2.05, 4.69) is 19.2 Å². The van der Waals surface area contributed by atoms with Gasteiger partial charge in [-0.25, -0.2) is 0 Å². The predicted octanol–water partition coefficient (Wildman–Crippen LogP) is 8.95. The van der Waals surface area contributed by atoms with Gasteiger partial charge in [0.15, 0.2) is 6.29 Å². The lowest BCUT2D eigenvalue weighted by molar-refractivity contribution is -0.302. The zero-order valence-electron chi connectivity index (χ0n) is 34.3. The summed E-state index contributed by atoms with van der Waals surface area (Å²) >= 11 is 0. The lowest BCUT2D eigenvalue weighted by atomic mass is 9.99. The first-order valence-corrected chi connectivity index (χ1v) is 22.4. The number of carbonyl (C=O) groups excluding carboxylic acids is 1. The third-order valence-electron chi connectivity index (χ3n) is 10.9. The highest BCUT2D eigenvalue weighted by molar-refractivity contribution is 5.76. The van der Waals surface area contributed by atoms with E-state index in [0.717, 1.165) is 38.5 Å². The second-order valence-electron chi connectivity index (χ2n) is 15.9. The van der Waals surface area contributed by atoms with Gasteiger partial charge in [-0.05, 0) is 19.3 Å². The van der Waals surface area contributed by atoms with Crippen LogP contribution in [0.15, 0.2) is 12.2 Å². The fourth-order valence-electron chi connectivity index (χ4n) is 7.21. The molecule has 1 heterocycles. The first-order chi connectivity index (χ1) is 25.8. The van der Waals surface area contributed by atoms with Gasteiger partial charge in [0.1, 0.15) is 24.4 Å². The molecule has 2 unspecified atom stereocenters. The van der Waals surface area contributed by atoms with Crippen LogP contribution >= 0.6 is 0 Å². The van der Waals surface area contributed by atoms with Crippen LogP contribution in [0.5, 0.6) is 0 Å². The summed E-state index contributed by atoms with van der Waals surface area (Å²) in [6, 6.07) is -0.797. The standard InChI is InChI=1S/C44H85NO8/c1-3-5-7-9-11-13-15-17-18-19-20-22-24-26-28-30-32-34-40(48)45-37(36-52-44-43(51)42(50)41(49)39(35-46)53-44)38(47)33-31-29-27-25-23-21-16-14-12-10-8-6-4-2/h31,33,37-39,41-44,46-47,49-51H,3-30,32,34-36H2,1-2H3,(H,45,48)/b33-31-/t37?,38?,39-,41+,42+,43-,44-/m1/s1. The molecule has 0 saturated carbocycles. The molecule has 53 heavy (non-hydrogen) atoms. The van der Waals surface area contributed by atoms with Crippen molar-refractivity contribution in [1.82, 2.24) is 5.32 Å². The van der Waals surface area contributed by atoms with E-state index in [4.69, 9.17) is 9.47 Å². The third kappa shape index (κ3) is 26.4. The van der Waals surface area contributed by atoms with Gasteiger partial charge in [-0.15, -0.1) is 0 Å². The second-order valence-corrected chi connectivity index (χ2v) is 15.9. The molecule has 7 atom stereocenters. The summed E-state index contributed by atoms with van der Waals surface area (Å²) in [5.41, 5.74) is 0. The molecular weight excluding hydrogens is 670 g/mol. The zero-order valence-corrected chi connectivity index (χ0v) is 34.3. The SMILES string of the molecule is CCCCCCCCCCCCC/C=C\C(O)C(CO[C@@H]1O[C@H](CO)[C@H](O)[C@H](O)[C@H]1O)NC(=O)CCCCCCCCCCCCCCCCCCC. The van der Waals surface area contributed by atoms with E-state index in [1.807, 2.05) is 6.08 Å². The van der Waals surface area contributed by atoms with Gasteiger partial charge in [0.2, 0.25) is 5.91 Å². The first-order valence-electron chi connectivity index (χ1n) is 22.4. The molecule has 1 rings (SSSR count). The van der Waals surface area contributed by atoms with Crippen LogP contribution in [-0.2, 0) is 14.3 Å². The Morgan fingerprint density at radius 3 is 1.47 bits per heavy atom. The Bertz CT molecular complexity index is 842. The summed E-state index contributed by atoms with van der Waals surface area (Å²) in [6.07, 6.45) is 32.5. The molecule has 0 spiro atoms. The Morgan fingerprint density at radius 2 is 1.04 bits per heavy atom. The van der Waals surface area contributed by atoms with Gasteiger partial charge < -0.3 is 40.3 Å². The van der Waals surface area contributed by atoms with Gasteiger partial charge in [0, 0.05) is 6.42 Å². The number of amides is 1. The van der Waals surface area contributed by atoms with E-state index in [9.17, 15) is 30.3 Å². The minimum atomic E-state index is -1.56. The van der Waals surface area contributed by atoms with Crippen molar-refractivity contribution in [3.8, 4) is 0 Å². The summed E-state index contributed by atoms with van der Waals surface area (Å²) in [5, 5.41) is 54.1. The molecule has 1 amide bonds. The number of hydrogen-bond donors (Lipinski definition) is 6. The average Bonchev–Trinajstić information content (AvgIpc) is 3.16. The molecule has 0 bridgehead atoms. The lowest BCUT2D eigenvalue weighted by Gasteiger charge is -2.40. The predicted molar refractivity (Wildman–Crippen MR) is 217 cm³/mol. The molecular formula is C44H85NO8. The van der Waals surface area contributed by atoms with Gasteiger partial charge in [0.25, 0.3) is 0 Å². The van der Waals surface area contributed by atoms with Crippen LogP contribution in [0.3, 0.4) is 0 Å². The Morgan fingerprint density at radius 1 is 0.623 bits per heavy atom. The number of aliphatic hydroxyl groups is 5. The van der Waals surface area contributed by atoms with E-state index >= 15 is 0 Å². The molecule has 9 nitrogen and oxygen atoms in total. The van der Waals surface area contributed by atoms with E-state index in [1.54, 1.807) is 6.08 Å². The van der Waals surface area contributed by atoms with Gasteiger partial charge >= 0.3 is 0 Å². The largest absolute Gasteiger partial charge is 0.394 e. The molecule has 314 valence electrons. The summed E-state index contributed by atoms with van der Waals surface area (Å²) in [7, 11) is 0. The molecule has 9 heteroatoms. The van der Waals surface area contributed by atoms with Crippen molar-refractivity contribution in [3.05, 3.63) is 12.2 Å². The molecule has 1 fully saturated rings. The van der Waals surface area contributed by atoms with Crippen molar-refractivity contribution >= 4 is 5.91 Å². The Balaban J connectivity index is 2.35. The molecule has 1 aliphatic heterocycles. The number of nitrogens with one attached hydrogen (secondary N) is 1. The fraction of sp³-hybridized carbons (Fsp3) is 0.932. The van der Waals surface area contributed by atoms with Crippen molar-refractivity contribution in [3.63, 3.8) is 0 Å². The maximum absolute atomic E-state index is 12.9. The molecule has 0 radical (unpaired) electrons. The van der Waals surface area contributed by atoms with Crippen LogP contribution in [0.4, 0.5) is 0 Å². The molecule has 0 aromatic heterocycles. The van der Waals surface area contributed by atoms with Crippen molar-refractivity contribution in [2.45, 2.75) is 249 Å². The maximum atomic E-state index is 12.9. The Kier molecular flexibility index (Phi) is 33.3. The van der Waals surface area contributed by atoms with Gasteiger partial charge in [0.05, 0.1) is 25.4 Å². The Hall–Kier alpha value is -1.07. The van der Waals surface area contributed by atoms with Gasteiger partial charge in [-0.2, -0.15) is 0 Å². The van der Waals surface area contributed by atoms with Gasteiger partial charge in [-0.1, -0.05) is 193 Å². The van der Waals surface area contributed by atoms with Crippen LogP contribution in [0.2, 0.25) is 0 Å². The number of carbonyl (C=O) groups is 1. The smallest absolute Gasteiger partial charge is 0.220 e. The maximum Gasteiger partial charge on any atom is 0.220 e. The van der Waals surface area contributed by atoms with Gasteiger partial charge in [-0.3, -0.25) is 4.79 Å². The number of allylic oxidation sites excluding steroid dienone is 1. The monoisotopic (exact) mass is 756 g/mol. The van der Waals surface area contributed by atoms with Crippen molar-refractivity contribution in [1.29, 1.82) is 0 Å². The van der Waals surface area contributed by atoms with Crippen LogP contribution in [0.1, 0.15) is 206 Å². The van der Waals surface area contributed by atoms with E-state index in [-0.39, 0.29) is 12.5 Å². The van der Waals surface area contributed by atoms with E-state index in [1.165, 1.54) is 148 Å². The second kappa shape index (κ2) is 35.4. The highest BCUT2D eigenvalue weighted by Crippen LogP contribution is 2.23. The average molecular weight is 756 g/mol. The molecule has 0 aliphatic carbocycles. The van der Waals surface area contributed by atoms with E-state index in [0.29, 0.717) is 6.42 Å². The number of hydrogen-bond acceptors (Lipinski definition) is 8. The van der Waals surface area contributed by atoms with Crippen LogP contribution < -0.4 is 5.32 Å². The summed E-state index contributed by atoms with van der Waals surface area (Å²) in [5.74, 6) is -0.175. The molecule has 1 saturated heterocycles. The minimum absolute atomic E-state index is 0.175. The third-order valence-corrected chi connectivity index (χ3v) is 10.9. The Labute approximate surface area is 325 Å². The van der Waals surface area contributed by atoms with Crippen molar-refractivity contribution < 1.29 is 39.8 Å². The molecule has 0 aromatic rings. The fourth-order valence-corrected chi connectivity index (χ4v) is 7.21. The highest BCUT2D eigenvalue weighted by atomic mass is 16.7. The highest BCUT2D eigenvalue weighted by Gasteiger charge is 2.44.